The second kappa shape index (κ2) is 7.05. The minimum Gasteiger partial charge on any atom is -0.352 e. The van der Waals surface area contributed by atoms with Gasteiger partial charge in [-0.3, -0.25) is 9.69 Å². The van der Waals surface area contributed by atoms with Crippen LogP contribution in [0.25, 0.3) is 0 Å². The quantitative estimate of drug-likeness (QED) is 0.868. The van der Waals surface area contributed by atoms with Gasteiger partial charge in [0.05, 0.1) is 0 Å². The average Bonchev–Trinajstić information content (AvgIpc) is 2.80. The van der Waals surface area contributed by atoms with Gasteiger partial charge in [-0.1, -0.05) is 23.8 Å². The van der Waals surface area contributed by atoms with Crippen molar-refractivity contribution in [2.75, 3.05) is 13.6 Å². The molecule has 1 amide bonds. The molecule has 116 valence electrons. The minimum atomic E-state index is 0.130. The van der Waals surface area contributed by atoms with Crippen LogP contribution in [0.4, 0.5) is 0 Å². The van der Waals surface area contributed by atoms with Crippen LogP contribution in [0.1, 0.15) is 36.0 Å². The zero-order valence-corrected chi connectivity index (χ0v) is 13.4. The summed E-state index contributed by atoms with van der Waals surface area (Å²) < 4.78 is 0. The number of hydrogen-bond acceptors (Lipinski definition) is 3. The lowest BCUT2D eigenvalue weighted by Crippen LogP contribution is -2.39. The Morgan fingerprint density at radius 2 is 2.05 bits per heavy atom. The minimum absolute atomic E-state index is 0.130. The van der Waals surface area contributed by atoms with E-state index in [4.69, 9.17) is 5.73 Å². The predicted octanol–water partition coefficient (Wildman–Crippen LogP) is 1.73. The lowest BCUT2D eigenvalue weighted by atomic mass is 10.1. The molecule has 0 aromatic heterocycles. The zero-order valence-electron chi connectivity index (χ0n) is 13.4. The molecule has 0 spiro atoms. The summed E-state index contributed by atoms with van der Waals surface area (Å²) in [5.41, 5.74) is 9.39. The second-order valence-electron chi connectivity index (χ2n) is 6.20. The van der Waals surface area contributed by atoms with Crippen molar-refractivity contribution in [3.8, 4) is 0 Å². The number of nitrogens with zero attached hydrogens (tertiary/aromatic N) is 1. The number of likely N-dealkylation sites (N-methyl/N-ethyl adjacent to an activating group) is 1. The molecule has 1 aromatic rings. The van der Waals surface area contributed by atoms with Crippen LogP contribution in [0.3, 0.4) is 0 Å². The fourth-order valence-electron chi connectivity index (χ4n) is 3.09. The molecule has 0 unspecified atom stereocenters. The summed E-state index contributed by atoms with van der Waals surface area (Å²) in [6.45, 7) is 5.45. The van der Waals surface area contributed by atoms with Gasteiger partial charge in [-0.25, -0.2) is 0 Å². The van der Waals surface area contributed by atoms with Gasteiger partial charge < -0.3 is 11.1 Å². The number of carbonyl (C=O) groups is 1. The van der Waals surface area contributed by atoms with Crippen LogP contribution in [0.2, 0.25) is 0 Å². The van der Waals surface area contributed by atoms with Crippen molar-refractivity contribution in [1.82, 2.24) is 10.2 Å². The Bertz CT molecular complexity index is 501. The normalized spacial score (nSPS) is 22.5. The molecule has 1 saturated heterocycles. The van der Waals surface area contributed by atoms with Gasteiger partial charge in [0.25, 0.3) is 0 Å². The van der Waals surface area contributed by atoms with E-state index in [2.05, 4.69) is 49.3 Å². The predicted molar refractivity (Wildman–Crippen MR) is 86.0 cm³/mol. The van der Waals surface area contributed by atoms with E-state index in [0.717, 1.165) is 12.8 Å². The van der Waals surface area contributed by atoms with E-state index in [1.54, 1.807) is 0 Å². The van der Waals surface area contributed by atoms with Crippen LogP contribution in [0.15, 0.2) is 18.2 Å². The number of amides is 1. The summed E-state index contributed by atoms with van der Waals surface area (Å²) in [5.74, 6) is 0.130. The summed E-state index contributed by atoms with van der Waals surface area (Å²) >= 11 is 0. The number of benzene rings is 1. The zero-order chi connectivity index (χ0) is 15.4. The van der Waals surface area contributed by atoms with Gasteiger partial charge in [-0.2, -0.15) is 0 Å². The molecule has 0 saturated carbocycles. The van der Waals surface area contributed by atoms with Crippen molar-refractivity contribution in [3.05, 3.63) is 34.9 Å². The summed E-state index contributed by atoms with van der Waals surface area (Å²) in [6, 6.07) is 7.11. The summed E-state index contributed by atoms with van der Waals surface area (Å²) in [4.78, 5) is 14.4. The highest BCUT2D eigenvalue weighted by molar-refractivity contribution is 5.76. The molecule has 1 aromatic carbocycles. The van der Waals surface area contributed by atoms with Crippen LogP contribution in [0, 0.1) is 13.8 Å². The average molecular weight is 289 g/mol. The maximum absolute atomic E-state index is 12.1. The van der Waals surface area contributed by atoms with E-state index in [1.165, 1.54) is 16.7 Å². The molecular weight excluding hydrogens is 262 g/mol. The maximum atomic E-state index is 12.1. The third-order valence-electron chi connectivity index (χ3n) is 4.66. The van der Waals surface area contributed by atoms with Gasteiger partial charge in [-0.15, -0.1) is 0 Å². The molecule has 4 nitrogen and oxygen atoms in total. The number of likely N-dealkylation sites (tertiary alicyclic amines) is 1. The number of nitrogens with two attached hydrogens (primary N) is 1. The molecule has 4 heteroatoms. The highest BCUT2D eigenvalue weighted by atomic mass is 16.1. The molecule has 1 aliphatic heterocycles. The Hall–Kier alpha value is -1.39. The Morgan fingerprint density at radius 1 is 1.33 bits per heavy atom. The number of nitrogens with one attached hydrogen (secondary N) is 1. The van der Waals surface area contributed by atoms with E-state index < -0.39 is 0 Å². The molecule has 1 aliphatic rings. The first-order valence-corrected chi connectivity index (χ1v) is 7.76. The lowest BCUT2D eigenvalue weighted by Gasteiger charge is -2.24. The van der Waals surface area contributed by atoms with Gasteiger partial charge in [0.1, 0.15) is 0 Å². The Balaban J connectivity index is 1.84. The molecule has 2 rings (SSSR count). The molecule has 2 atom stereocenters. The van der Waals surface area contributed by atoms with Crippen LogP contribution >= 0.6 is 0 Å². The monoisotopic (exact) mass is 289 g/mol. The smallest absolute Gasteiger partial charge is 0.221 e. The number of aryl methyl sites for hydroxylation is 2. The van der Waals surface area contributed by atoms with Crippen molar-refractivity contribution >= 4 is 5.91 Å². The van der Waals surface area contributed by atoms with Gasteiger partial charge in [-0.05, 0) is 44.9 Å². The van der Waals surface area contributed by atoms with Gasteiger partial charge in [0.15, 0.2) is 0 Å². The molecular formula is C17H27N3O. The molecule has 0 radical (unpaired) electrons. The maximum Gasteiger partial charge on any atom is 0.221 e. The molecule has 21 heavy (non-hydrogen) atoms. The van der Waals surface area contributed by atoms with E-state index in [0.29, 0.717) is 31.6 Å². The standard InChI is InChI=1S/C17H27N3O/c1-12-4-5-13(2)14(8-12)11-19-17(21)9-15-6-7-16(10-18)20(15)3/h4-5,8,15-16H,6-7,9-11,18H2,1-3H3,(H,19,21)/t15-,16+/m0/s1. The van der Waals surface area contributed by atoms with Crippen LogP contribution in [-0.4, -0.2) is 36.5 Å². The first-order valence-electron chi connectivity index (χ1n) is 7.76. The summed E-state index contributed by atoms with van der Waals surface area (Å²) in [7, 11) is 2.08. The fourth-order valence-corrected chi connectivity index (χ4v) is 3.09. The van der Waals surface area contributed by atoms with E-state index >= 15 is 0 Å². The number of carbonyl (C=O) groups excluding carboxylic acids is 1. The second-order valence-corrected chi connectivity index (χ2v) is 6.20. The van der Waals surface area contributed by atoms with Crippen LogP contribution in [0.5, 0.6) is 0 Å². The third kappa shape index (κ3) is 4.05. The SMILES string of the molecule is Cc1ccc(C)c(CNC(=O)C[C@@H]2CC[C@H](CN)N2C)c1. The van der Waals surface area contributed by atoms with Crippen LogP contribution in [-0.2, 0) is 11.3 Å². The van der Waals surface area contributed by atoms with Crippen LogP contribution < -0.4 is 11.1 Å². The molecule has 3 N–H and O–H groups in total. The van der Waals surface area contributed by atoms with Gasteiger partial charge in [0, 0.05) is 31.6 Å². The highest BCUT2D eigenvalue weighted by Gasteiger charge is 2.30. The Morgan fingerprint density at radius 3 is 2.71 bits per heavy atom. The summed E-state index contributed by atoms with van der Waals surface area (Å²) in [6.07, 6.45) is 2.73. The van der Waals surface area contributed by atoms with Crippen molar-refractivity contribution in [2.45, 2.75) is 51.7 Å². The third-order valence-corrected chi connectivity index (χ3v) is 4.66. The van der Waals surface area contributed by atoms with Gasteiger partial charge >= 0.3 is 0 Å². The molecule has 1 heterocycles. The van der Waals surface area contributed by atoms with Crippen molar-refractivity contribution in [3.63, 3.8) is 0 Å². The molecule has 0 bridgehead atoms. The van der Waals surface area contributed by atoms with Gasteiger partial charge in [0.2, 0.25) is 5.91 Å². The largest absolute Gasteiger partial charge is 0.352 e. The molecule has 1 fully saturated rings. The van der Waals surface area contributed by atoms with Crippen molar-refractivity contribution in [1.29, 1.82) is 0 Å². The first-order chi connectivity index (χ1) is 10.0. The topological polar surface area (TPSA) is 58.4 Å². The highest BCUT2D eigenvalue weighted by Crippen LogP contribution is 2.23. The van der Waals surface area contributed by atoms with Crippen molar-refractivity contribution in [2.24, 2.45) is 5.73 Å². The van der Waals surface area contributed by atoms with E-state index in [1.807, 2.05) is 0 Å². The number of rotatable bonds is 5. The summed E-state index contributed by atoms with van der Waals surface area (Å²) in [5, 5.41) is 3.05. The Labute approximate surface area is 127 Å². The van der Waals surface area contributed by atoms with E-state index in [-0.39, 0.29) is 5.91 Å². The first kappa shape index (κ1) is 16.0. The van der Waals surface area contributed by atoms with Crippen molar-refractivity contribution < 1.29 is 4.79 Å². The lowest BCUT2D eigenvalue weighted by molar-refractivity contribution is -0.122. The molecule has 0 aliphatic carbocycles. The Kier molecular flexibility index (Phi) is 5.37. The fraction of sp³-hybridized carbons (Fsp3) is 0.588. The number of hydrogen-bond donors (Lipinski definition) is 2. The van der Waals surface area contributed by atoms with E-state index in [9.17, 15) is 4.79 Å².